The average molecular weight is 636 g/mol. The summed E-state index contributed by atoms with van der Waals surface area (Å²) in [6.07, 6.45) is 0. The van der Waals surface area contributed by atoms with E-state index in [0.717, 1.165) is 21.5 Å². The minimum Gasteiger partial charge on any atom is -0.455 e. The second-order valence-corrected chi connectivity index (χ2v) is 11.8. The molecule has 0 unspecified atom stereocenters. The lowest BCUT2D eigenvalue weighted by Crippen LogP contribution is -1.92. The van der Waals surface area contributed by atoms with Gasteiger partial charge in [-0.25, -0.2) is 0 Å². The van der Waals surface area contributed by atoms with Crippen LogP contribution in [0.15, 0.2) is 186 Å². The Morgan fingerprint density at radius 2 is 1.02 bits per heavy atom. The smallest absolute Gasteiger partial charge is 0.143 e. The molecule has 0 fully saturated rings. The zero-order valence-electron chi connectivity index (χ0n) is 38.7. The summed E-state index contributed by atoms with van der Waals surface area (Å²) in [6, 6.07) is 24.6. The monoisotopic (exact) mass is 635 g/mol. The van der Waals surface area contributed by atoms with E-state index in [1.165, 1.54) is 0 Å². The molecule has 0 saturated carbocycles. The van der Waals surface area contributed by atoms with Crippen LogP contribution < -0.4 is 0 Å². The average Bonchev–Trinajstić information content (AvgIpc) is 3.67. The molecule has 10 aromatic rings. The maximum absolute atomic E-state index is 9.61. The van der Waals surface area contributed by atoms with Crippen LogP contribution in [0.1, 0.15) is 17.8 Å². The first-order valence-electron chi connectivity index (χ1n) is 22.3. The van der Waals surface area contributed by atoms with E-state index in [1.54, 1.807) is 48.5 Å². The van der Waals surface area contributed by atoms with Crippen molar-refractivity contribution in [3.8, 4) is 44.7 Å². The van der Waals surface area contributed by atoms with Crippen molar-refractivity contribution in [3.05, 3.63) is 182 Å². The fraction of sp³-hybridized carbons (Fsp3) is 0. The normalized spacial score (nSPS) is 15.4. The van der Waals surface area contributed by atoms with Gasteiger partial charge < -0.3 is 4.42 Å². The molecule has 1 heteroatoms. The Bertz CT molecular complexity index is 3510. The van der Waals surface area contributed by atoms with E-state index in [1.807, 2.05) is 54.6 Å². The largest absolute Gasteiger partial charge is 0.455 e. The molecule has 1 aromatic heterocycles. The van der Waals surface area contributed by atoms with Gasteiger partial charge in [0, 0.05) is 22.1 Å². The first kappa shape index (κ1) is 17.6. The minimum absolute atomic E-state index is 0.0183. The molecule has 0 N–H and O–H groups in total. The Morgan fingerprint density at radius 1 is 0.367 bits per heavy atom. The summed E-state index contributed by atoms with van der Waals surface area (Å²) in [5, 5.41) is 3.91. The highest BCUT2D eigenvalue weighted by atomic mass is 16.3. The molecule has 1 nitrogen and oxygen atoms in total. The fourth-order valence-electron chi connectivity index (χ4n) is 7.09. The molecule has 0 bridgehead atoms. The van der Waals surface area contributed by atoms with Crippen LogP contribution in [0.3, 0.4) is 0 Å². The van der Waals surface area contributed by atoms with Crippen LogP contribution in [-0.4, -0.2) is 0 Å². The molecule has 0 spiro atoms. The summed E-state index contributed by atoms with van der Waals surface area (Å²) >= 11 is 0. The van der Waals surface area contributed by atoms with Gasteiger partial charge in [0.1, 0.15) is 11.3 Å². The molecule has 0 saturated heterocycles. The van der Waals surface area contributed by atoms with Gasteiger partial charge in [0.2, 0.25) is 0 Å². The van der Waals surface area contributed by atoms with Crippen molar-refractivity contribution in [2.75, 3.05) is 0 Å². The van der Waals surface area contributed by atoms with Crippen molar-refractivity contribution in [2.45, 2.75) is 0 Å². The fourth-order valence-corrected chi connectivity index (χ4v) is 7.09. The van der Waals surface area contributed by atoms with Crippen LogP contribution in [0.2, 0.25) is 0 Å². The zero-order chi connectivity index (χ0) is 43.6. The highest BCUT2D eigenvalue weighted by Crippen LogP contribution is 2.51. The molecule has 0 aliphatic rings. The number of fused-ring (bicyclic) bond motifs is 6. The maximum Gasteiger partial charge on any atom is 0.143 e. The predicted octanol–water partition coefficient (Wildman–Crippen LogP) is 13.7. The van der Waals surface area contributed by atoms with Gasteiger partial charge in [0.25, 0.3) is 0 Å². The van der Waals surface area contributed by atoms with Crippen LogP contribution in [0.5, 0.6) is 0 Å². The molecule has 228 valence electrons. The van der Waals surface area contributed by atoms with Gasteiger partial charge in [0.05, 0.1) is 17.8 Å². The van der Waals surface area contributed by atoms with Gasteiger partial charge in [-0.3, -0.25) is 0 Å². The van der Waals surface area contributed by atoms with Gasteiger partial charge in [0.15, 0.2) is 0 Å². The summed E-state index contributed by atoms with van der Waals surface area (Å²) in [4.78, 5) is 0. The topological polar surface area (TPSA) is 13.1 Å². The van der Waals surface area contributed by atoms with E-state index in [-0.39, 0.29) is 60.7 Å². The number of benzene rings is 9. The van der Waals surface area contributed by atoms with E-state index in [2.05, 4.69) is 0 Å². The van der Waals surface area contributed by atoms with Crippen LogP contribution >= 0.6 is 0 Å². The molecule has 0 atom stereocenters. The summed E-state index contributed by atoms with van der Waals surface area (Å²) < 4.78 is 124. The van der Waals surface area contributed by atoms with E-state index in [9.17, 15) is 5.48 Å². The Labute approximate surface area is 302 Å². The molecular formula is C48H30O. The molecule has 0 radical (unpaired) electrons. The first-order chi connectivity index (χ1) is 29.7. The van der Waals surface area contributed by atoms with Crippen molar-refractivity contribution >= 4 is 54.1 Å². The number of hydrogen-bond donors (Lipinski definition) is 0. The highest BCUT2D eigenvalue weighted by Gasteiger charge is 2.25. The lowest BCUT2D eigenvalue weighted by atomic mass is 9.84. The lowest BCUT2D eigenvalue weighted by molar-refractivity contribution is 0.633. The molecule has 9 aromatic carbocycles. The molecular weight excluding hydrogens is 593 g/mol. The van der Waals surface area contributed by atoms with Crippen LogP contribution in [0, 0.1) is 0 Å². The highest BCUT2D eigenvalue weighted by molar-refractivity contribution is 6.26. The van der Waals surface area contributed by atoms with Crippen molar-refractivity contribution < 1.29 is 22.2 Å². The van der Waals surface area contributed by atoms with Crippen molar-refractivity contribution in [2.24, 2.45) is 0 Å². The third-order valence-electron chi connectivity index (χ3n) is 9.20. The first-order valence-corrected chi connectivity index (χ1v) is 15.8. The van der Waals surface area contributed by atoms with E-state index in [4.69, 9.17) is 16.8 Å². The standard InChI is InChI=1S/C48H30O/c1-3-14-31(15-4-1)34-27-29-44-43(30-34)47(48(49-44)42-25-13-24-36-35-19-8-7-16-32(35)26-28-37(36)42)46-40-22-11-9-20-38(40)45(33-17-5-2-6-18-33)39-21-10-12-23-41(39)46/h1-30H/i1D,3D,4D,9D,10D,11D,12D,14D,15D,20D,21D,22D,23D. The Hall–Kier alpha value is -6.44. The van der Waals surface area contributed by atoms with Crippen LogP contribution in [0.4, 0.5) is 0 Å². The molecule has 49 heavy (non-hydrogen) atoms. The van der Waals surface area contributed by atoms with Gasteiger partial charge >= 0.3 is 0 Å². The van der Waals surface area contributed by atoms with E-state index < -0.39 is 78.6 Å². The Kier molecular flexibility index (Phi) is 3.99. The second kappa shape index (κ2) is 11.1. The molecule has 10 rings (SSSR count). The third kappa shape index (κ3) is 4.33. The molecule has 1 heterocycles. The van der Waals surface area contributed by atoms with Gasteiger partial charge in [-0.05, 0) is 77.5 Å². The number of furan rings is 1. The maximum atomic E-state index is 9.61. The molecule has 0 aliphatic heterocycles. The summed E-state index contributed by atoms with van der Waals surface area (Å²) in [5.41, 5.74) is 1.91. The summed E-state index contributed by atoms with van der Waals surface area (Å²) in [5.74, 6) is 0.217. The lowest BCUT2D eigenvalue weighted by Gasteiger charge is -2.18. The van der Waals surface area contributed by atoms with Crippen molar-refractivity contribution in [1.29, 1.82) is 0 Å². The number of rotatable bonds is 4. The SMILES string of the molecule is [2H]c1c([2H])c([2H])c(-c2ccc3oc(-c4cccc5c4ccc4ccccc45)c(-c4c5c([2H])c([2H])c([2H])c([2H])c5c(-c5ccccc5)c5c([2H])c([2H])c([2H])c([2H])c45)c3c2)c([2H])c1[2H]. The van der Waals surface area contributed by atoms with E-state index >= 15 is 0 Å². The second-order valence-electron chi connectivity index (χ2n) is 11.8. The van der Waals surface area contributed by atoms with Crippen LogP contribution in [0.25, 0.3) is 98.8 Å². The number of hydrogen-bond acceptors (Lipinski definition) is 1. The Morgan fingerprint density at radius 3 is 1.78 bits per heavy atom. The van der Waals surface area contributed by atoms with E-state index in [0.29, 0.717) is 16.5 Å². The summed E-state index contributed by atoms with van der Waals surface area (Å²) in [6.45, 7) is 0. The van der Waals surface area contributed by atoms with Gasteiger partial charge in [-0.2, -0.15) is 0 Å². The molecule has 0 amide bonds. The predicted molar refractivity (Wildman–Crippen MR) is 208 cm³/mol. The third-order valence-corrected chi connectivity index (χ3v) is 9.20. The van der Waals surface area contributed by atoms with Gasteiger partial charge in [-0.1, -0.05) is 170 Å². The summed E-state index contributed by atoms with van der Waals surface area (Å²) in [7, 11) is 0. The van der Waals surface area contributed by atoms with Crippen LogP contribution in [-0.2, 0) is 0 Å². The quantitative estimate of drug-likeness (QED) is 0.139. The van der Waals surface area contributed by atoms with Crippen molar-refractivity contribution in [1.82, 2.24) is 0 Å². The Balaban J connectivity index is 1.50. The minimum atomic E-state index is -0.561. The van der Waals surface area contributed by atoms with Gasteiger partial charge in [-0.15, -0.1) is 0 Å². The zero-order valence-corrected chi connectivity index (χ0v) is 25.7. The molecule has 0 aliphatic carbocycles. The van der Waals surface area contributed by atoms with Crippen molar-refractivity contribution in [3.63, 3.8) is 0 Å².